The predicted molar refractivity (Wildman–Crippen MR) is 153 cm³/mol. The average molecular weight is 543 g/mol. The van der Waals surface area contributed by atoms with Gasteiger partial charge in [-0.1, -0.05) is 90.2 Å². The van der Waals surface area contributed by atoms with Gasteiger partial charge in [-0.3, -0.25) is 9.69 Å². The maximum absolute atomic E-state index is 13.4. The minimum atomic E-state index is -0.199. The largest absolute Gasteiger partial charge is 0.493 e. The fraction of sp³-hybridized carbons (Fsp3) is 0.0690. The standard InChI is InChI=1S/C29H19ClN2O3S2/c1-34-25-14-18(13-23(30)27(25)35-17-21-9-3-2-8-20(21)16-31)15-26-28(33)32(29(36)37-26)24-12-6-10-19-7-4-5-11-22(19)24/h2-15H,17H2,1H3/b26-15+. The number of thiocarbonyl (C=S) groups is 1. The first-order chi connectivity index (χ1) is 18.0. The lowest BCUT2D eigenvalue weighted by Crippen LogP contribution is -2.27. The van der Waals surface area contributed by atoms with Gasteiger partial charge in [-0.15, -0.1) is 0 Å². The number of halogens is 1. The van der Waals surface area contributed by atoms with E-state index in [0.717, 1.165) is 22.0 Å². The van der Waals surface area contributed by atoms with Gasteiger partial charge >= 0.3 is 0 Å². The molecule has 182 valence electrons. The molecule has 8 heteroatoms. The second-order valence-electron chi connectivity index (χ2n) is 8.11. The Morgan fingerprint density at radius 3 is 2.65 bits per heavy atom. The molecule has 0 aliphatic carbocycles. The molecule has 4 aromatic rings. The van der Waals surface area contributed by atoms with Gasteiger partial charge in [0.2, 0.25) is 0 Å². The van der Waals surface area contributed by atoms with E-state index in [1.54, 1.807) is 35.2 Å². The van der Waals surface area contributed by atoms with Gasteiger partial charge in [-0.2, -0.15) is 5.26 Å². The summed E-state index contributed by atoms with van der Waals surface area (Å²) in [5.41, 5.74) is 2.69. The lowest BCUT2D eigenvalue weighted by atomic mass is 10.1. The molecule has 1 aliphatic rings. The van der Waals surface area contributed by atoms with Gasteiger partial charge in [0.25, 0.3) is 5.91 Å². The molecule has 0 radical (unpaired) electrons. The summed E-state index contributed by atoms with van der Waals surface area (Å²) >= 11 is 13.4. The first-order valence-corrected chi connectivity index (χ1v) is 12.8. The number of carbonyl (C=O) groups is 1. The topological polar surface area (TPSA) is 62.6 Å². The van der Waals surface area contributed by atoms with E-state index in [0.29, 0.717) is 36.9 Å². The molecule has 0 spiro atoms. The van der Waals surface area contributed by atoms with Gasteiger partial charge in [-0.05, 0) is 41.3 Å². The number of nitriles is 1. The normalized spacial score (nSPS) is 14.3. The van der Waals surface area contributed by atoms with Crippen LogP contribution in [-0.4, -0.2) is 17.3 Å². The SMILES string of the molecule is COc1cc(/C=C2/SC(=S)N(c3cccc4ccccc34)C2=O)cc(Cl)c1OCc1ccccc1C#N. The number of hydrogen-bond donors (Lipinski definition) is 0. The molecule has 1 amide bonds. The van der Waals surface area contributed by atoms with Crippen LogP contribution in [0.1, 0.15) is 16.7 Å². The summed E-state index contributed by atoms with van der Waals surface area (Å²) in [7, 11) is 1.52. The molecule has 1 fully saturated rings. The minimum absolute atomic E-state index is 0.156. The Morgan fingerprint density at radius 2 is 1.84 bits per heavy atom. The van der Waals surface area contributed by atoms with Crippen LogP contribution < -0.4 is 14.4 Å². The summed E-state index contributed by atoms with van der Waals surface area (Å²) in [5, 5.41) is 11.6. The Balaban J connectivity index is 1.43. The van der Waals surface area contributed by atoms with Crippen molar-refractivity contribution in [3.05, 3.63) is 105 Å². The van der Waals surface area contributed by atoms with Crippen LogP contribution in [0.3, 0.4) is 0 Å². The Bertz CT molecular complexity index is 1620. The number of rotatable bonds is 6. The molecule has 1 aliphatic heterocycles. The van der Waals surface area contributed by atoms with Crippen LogP contribution in [0.4, 0.5) is 5.69 Å². The van der Waals surface area contributed by atoms with Crippen molar-refractivity contribution in [1.29, 1.82) is 5.26 Å². The summed E-state index contributed by atoms with van der Waals surface area (Å²) in [4.78, 5) is 15.5. The van der Waals surface area contributed by atoms with E-state index >= 15 is 0 Å². The molecule has 37 heavy (non-hydrogen) atoms. The zero-order chi connectivity index (χ0) is 25.9. The van der Waals surface area contributed by atoms with Gasteiger partial charge in [-0.25, -0.2) is 0 Å². The molecule has 0 unspecified atom stereocenters. The number of nitrogens with zero attached hydrogens (tertiary/aromatic N) is 2. The van der Waals surface area contributed by atoms with Crippen molar-refractivity contribution in [3.63, 3.8) is 0 Å². The van der Waals surface area contributed by atoms with E-state index in [1.807, 2.05) is 54.6 Å². The van der Waals surface area contributed by atoms with E-state index < -0.39 is 0 Å². The molecule has 1 heterocycles. The molecular formula is C29H19ClN2O3S2. The molecular weight excluding hydrogens is 524 g/mol. The van der Waals surface area contributed by atoms with E-state index in [-0.39, 0.29) is 12.5 Å². The summed E-state index contributed by atoms with van der Waals surface area (Å²) in [5.74, 6) is 0.574. The minimum Gasteiger partial charge on any atom is -0.493 e. The second-order valence-corrected chi connectivity index (χ2v) is 10.2. The number of carbonyl (C=O) groups excluding carboxylic acids is 1. The van der Waals surface area contributed by atoms with Crippen LogP contribution in [0, 0.1) is 11.3 Å². The van der Waals surface area contributed by atoms with Crippen molar-refractivity contribution in [2.75, 3.05) is 12.0 Å². The average Bonchev–Trinajstić information content (AvgIpc) is 3.19. The maximum Gasteiger partial charge on any atom is 0.270 e. The highest BCUT2D eigenvalue weighted by atomic mass is 35.5. The first-order valence-electron chi connectivity index (χ1n) is 11.2. The summed E-state index contributed by atoms with van der Waals surface area (Å²) in [6.45, 7) is 0.156. The van der Waals surface area contributed by atoms with E-state index in [4.69, 9.17) is 33.3 Å². The van der Waals surface area contributed by atoms with E-state index in [2.05, 4.69) is 6.07 Å². The van der Waals surface area contributed by atoms with Gasteiger partial charge < -0.3 is 9.47 Å². The molecule has 1 saturated heterocycles. The van der Waals surface area contributed by atoms with Crippen LogP contribution in [0.5, 0.6) is 11.5 Å². The van der Waals surface area contributed by atoms with Crippen LogP contribution in [0.15, 0.2) is 83.8 Å². The summed E-state index contributed by atoms with van der Waals surface area (Å²) in [6, 6.07) is 26.5. The number of hydrogen-bond acceptors (Lipinski definition) is 6. The smallest absolute Gasteiger partial charge is 0.270 e. The third kappa shape index (κ3) is 4.92. The van der Waals surface area contributed by atoms with Crippen LogP contribution in [0.25, 0.3) is 16.8 Å². The van der Waals surface area contributed by atoms with E-state index in [9.17, 15) is 10.1 Å². The third-order valence-electron chi connectivity index (χ3n) is 5.86. The van der Waals surface area contributed by atoms with Crippen molar-refractivity contribution >= 4 is 68.3 Å². The van der Waals surface area contributed by atoms with Crippen LogP contribution in [0.2, 0.25) is 5.02 Å². The van der Waals surface area contributed by atoms with Crippen molar-refractivity contribution in [1.82, 2.24) is 0 Å². The molecule has 0 bridgehead atoms. The van der Waals surface area contributed by atoms with Crippen molar-refractivity contribution in [2.45, 2.75) is 6.61 Å². The molecule has 0 saturated carbocycles. The van der Waals surface area contributed by atoms with Crippen molar-refractivity contribution in [3.8, 4) is 17.6 Å². The quantitative estimate of drug-likeness (QED) is 0.187. The van der Waals surface area contributed by atoms with Gasteiger partial charge in [0.1, 0.15) is 6.61 Å². The fourth-order valence-corrected chi connectivity index (χ4v) is 5.66. The predicted octanol–water partition coefficient (Wildman–Crippen LogP) is 7.36. The van der Waals surface area contributed by atoms with Crippen molar-refractivity contribution in [2.24, 2.45) is 0 Å². The van der Waals surface area contributed by atoms with E-state index in [1.165, 1.54) is 18.9 Å². The number of anilines is 1. The Labute approximate surface area is 228 Å². The lowest BCUT2D eigenvalue weighted by molar-refractivity contribution is -0.113. The number of amides is 1. The fourth-order valence-electron chi connectivity index (χ4n) is 4.10. The van der Waals surface area contributed by atoms with Crippen LogP contribution >= 0.6 is 35.6 Å². The number of fused-ring (bicyclic) bond motifs is 1. The molecule has 0 atom stereocenters. The zero-order valence-corrected chi connectivity index (χ0v) is 22.0. The third-order valence-corrected chi connectivity index (χ3v) is 7.44. The number of thioether (sulfide) groups is 1. The Kier molecular flexibility index (Phi) is 7.15. The molecule has 0 N–H and O–H groups in total. The zero-order valence-electron chi connectivity index (χ0n) is 19.6. The van der Waals surface area contributed by atoms with Crippen LogP contribution in [-0.2, 0) is 11.4 Å². The molecule has 4 aromatic carbocycles. The highest BCUT2D eigenvalue weighted by molar-refractivity contribution is 8.27. The van der Waals surface area contributed by atoms with Crippen molar-refractivity contribution < 1.29 is 14.3 Å². The monoisotopic (exact) mass is 542 g/mol. The van der Waals surface area contributed by atoms with Gasteiger partial charge in [0.05, 0.1) is 34.4 Å². The highest BCUT2D eigenvalue weighted by Crippen LogP contribution is 2.41. The molecule has 5 rings (SSSR count). The number of ether oxygens (including phenoxy) is 2. The summed E-state index contributed by atoms with van der Waals surface area (Å²) < 4.78 is 11.9. The summed E-state index contributed by atoms with van der Waals surface area (Å²) in [6.07, 6.45) is 1.74. The lowest BCUT2D eigenvalue weighted by Gasteiger charge is -2.17. The second kappa shape index (κ2) is 10.7. The first kappa shape index (κ1) is 24.8. The number of methoxy groups -OCH3 is 1. The molecule has 5 nitrogen and oxygen atoms in total. The highest BCUT2D eigenvalue weighted by Gasteiger charge is 2.34. The number of benzene rings is 4. The van der Waals surface area contributed by atoms with Gasteiger partial charge in [0, 0.05) is 10.9 Å². The molecule has 0 aromatic heterocycles. The Morgan fingerprint density at radius 1 is 1.08 bits per heavy atom. The Hall–Kier alpha value is -3.83. The van der Waals surface area contributed by atoms with Gasteiger partial charge in [0.15, 0.2) is 15.8 Å². The maximum atomic E-state index is 13.4.